The first-order chi connectivity index (χ1) is 9.51. The second kappa shape index (κ2) is 8.03. The summed E-state index contributed by atoms with van der Waals surface area (Å²) in [6.07, 6.45) is 2.04. The minimum absolute atomic E-state index is 0.0806. The highest BCUT2D eigenvalue weighted by Gasteiger charge is 2.25. The molecule has 1 N–H and O–H groups in total. The first-order valence-electron chi connectivity index (χ1n) is 6.69. The van der Waals surface area contributed by atoms with Crippen molar-refractivity contribution in [2.45, 2.75) is 26.7 Å². The fourth-order valence-corrected chi connectivity index (χ4v) is 3.32. The molecule has 0 bridgehead atoms. The van der Waals surface area contributed by atoms with Gasteiger partial charge in [0.25, 0.3) is 5.91 Å². The molecular formula is C15H21Br2NO2. The van der Waals surface area contributed by atoms with Gasteiger partial charge >= 0.3 is 0 Å². The van der Waals surface area contributed by atoms with Crippen LogP contribution in [0.1, 0.15) is 37.0 Å². The minimum Gasteiger partial charge on any atom is -0.497 e. The van der Waals surface area contributed by atoms with Gasteiger partial charge in [-0.2, -0.15) is 0 Å². The number of halogens is 2. The zero-order valence-electron chi connectivity index (χ0n) is 12.1. The molecule has 3 nitrogen and oxygen atoms in total. The number of carbonyl (C=O) groups excluding carboxylic acids is 1. The fraction of sp³-hybridized carbons (Fsp3) is 0.533. The first kappa shape index (κ1) is 17.5. The maximum Gasteiger partial charge on any atom is 0.252 e. The number of methoxy groups -OCH3 is 1. The van der Waals surface area contributed by atoms with Gasteiger partial charge in [0.1, 0.15) is 5.75 Å². The van der Waals surface area contributed by atoms with E-state index in [4.69, 9.17) is 4.74 Å². The molecule has 1 amide bonds. The Balaban J connectivity index is 2.81. The van der Waals surface area contributed by atoms with Crippen LogP contribution in [0.3, 0.4) is 0 Å². The summed E-state index contributed by atoms with van der Waals surface area (Å²) in [5.41, 5.74) is 0.709. The van der Waals surface area contributed by atoms with Gasteiger partial charge in [-0.05, 0) is 52.4 Å². The van der Waals surface area contributed by atoms with Crippen molar-refractivity contribution in [2.75, 3.05) is 19.0 Å². The lowest BCUT2D eigenvalue weighted by Gasteiger charge is -2.29. The highest BCUT2D eigenvalue weighted by molar-refractivity contribution is 9.10. The van der Waals surface area contributed by atoms with Gasteiger partial charge in [0.2, 0.25) is 0 Å². The van der Waals surface area contributed by atoms with Gasteiger partial charge < -0.3 is 10.1 Å². The Morgan fingerprint density at radius 1 is 1.35 bits per heavy atom. The number of benzene rings is 1. The zero-order chi connectivity index (χ0) is 15.2. The van der Waals surface area contributed by atoms with Crippen LogP contribution in [0, 0.1) is 5.41 Å². The molecule has 112 valence electrons. The van der Waals surface area contributed by atoms with Crippen LogP contribution in [0.4, 0.5) is 0 Å². The van der Waals surface area contributed by atoms with Crippen molar-refractivity contribution in [3.8, 4) is 5.75 Å². The molecule has 0 aliphatic carbocycles. The fourth-order valence-electron chi connectivity index (χ4n) is 1.90. The topological polar surface area (TPSA) is 38.3 Å². The van der Waals surface area contributed by atoms with Crippen molar-refractivity contribution in [1.82, 2.24) is 5.32 Å². The molecular weight excluding hydrogens is 386 g/mol. The van der Waals surface area contributed by atoms with E-state index in [0.29, 0.717) is 17.9 Å². The van der Waals surface area contributed by atoms with Crippen molar-refractivity contribution in [1.29, 1.82) is 0 Å². The van der Waals surface area contributed by atoms with E-state index in [1.54, 1.807) is 13.2 Å². The number of nitrogens with one attached hydrogen (secondary N) is 1. The molecule has 5 heteroatoms. The Morgan fingerprint density at radius 3 is 2.50 bits per heavy atom. The third kappa shape index (κ3) is 4.22. The standard InChI is InChI=1S/C15H21Br2NO2/c1-4-15(5-2,9-16)10-18-14(19)12-8-11(20-3)6-7-13(12)17/h6-8H,4-5,9-10H2,1-3H3,(H,18,19). The van der Waals surface area contributed by atoms with Crippen molar-refractivity contribution in [2.24, 2.45) is 5.41 Å². The summed E-state index contributed by atoms with van der Waals surface area (Å²) >= 11 is 6.96. The largest absolute Gasteiger partial charge is 0.497 e. The van der Waals surface area contributed by atoms with E-state index in [9.17, 15) is 4.79 Å². The van der Waals surface area contributed by atoms with Crippen LogP contribution >= 0.6 is 31.9 Å². The molecule has 1 aromatic carbocycles. The Hall–Kier alpha value is -0.550. The van der Waals surface area contributed by atoms with Gasteiger partial charge in [0.05, 0.1) is 12.7 Å². The molecule has 1 rings (SSSR count). The summed E-state index contributed by atoms with van der Waals surface area (Å²) in [6.45, 7) is 4.96. The van der Waals surface area contributed by atoms with Gasteiger partial charge in [-0.15, -0.1) is 0 Å². The van der Waals surface area contributed by atoms with Gasteiger partial charge in [-0.25, -0.2) is 0 Å². The van der Waals surface area contributed by atoms with E-state index in [1.807, 2.05) is 12.1 Å². The van der Waals surface area contributed by atoms with Crippen LogP contribution in [0.5, 0.6) is 5.75 Å². The van der Waals surface area contributed by atoms with Crippen LogP contribution in [0.15, 0.2) is 22.7 Å². The van der Waals surface area contributed by atoms with Crippen LogP contribution in [-0.2, 0) is 0 Å². The van der Waals surface area contributed by atoms with Crippen LogP contribution in [0.2, 0.25) is 0 Å². The Kier molecular flexibility index (Phi) is 7.03. The summed E-state index contributed by atoms with van der Waals surface area (Å²) in [5, 5.41) is 3.91. The van der Waals surface area contributed by atoms with Crippen molar-refractivity contribution in [3.63, 3.8) is 0 Å². The second-order valence-corrected chi connectivity index (χ2v) is 6.28. The Bertz CT molecular complexity index is 451. The number of rotatable bonds is 7. The normalized spacial score (nSPS) is 11.2. The smallest absolute Gasteiger partial charge is 0.252 e. The van der Waals surface area contributed by atoms with Crippen molar-refractivity contribution < 1.29 is 9.53 Å². The van der Waals surface area contributed by atoms with Gasteiger partial charge in [-0.1, -0.05) is 29.8 Å². The molecule has 0 heterocycles. The molecule has 0 saturated carbocycles. The van der Waals surface area contributed by atoms with Gasteiger partial charge in [-0.3, -0.25) is 4.79 Å². The maximum atomic E-state index is 12.3. The number of carbonyl (C=O) groups is 1. The molecule has 0 unspecified atom stereocenters. The van der Waals surface area contributed by atoms with E-state index >= 15 is 0 Å². The predicted molar refractivity (Wildman–Crippen MR) is 89.8 cm³/mol. The molecule has 20 heavy (non-hydrogen) atoms. The first-order valence-corrected chi connectivity index (χ1v) is 8.61. The van der Waals surface area contributed by atoms with E-state index in [0.717, 1.165) is 22.6 Å². The summed E-state index contributed by atoms with van der Waals surface area (Å²) in [4.78, 5) is 12.3. The van der Waals surface area contributed by atoms with E-state index < -0.39 is 0 Å². The summed E-state index contributed by atoms with van der Waals surface area (Å²) in [5.74, 6) is 0.596. The molecule has 0 atom stereocenters. The number of alkyl halides is 1. The average molecular weight is 407 g/mol. The summed E-state index contributed by atoms with van der Waals surface area (Å²) in [6, 6.07) is 5.39. The molecule has 0 aliphatic rings. The highest BCUT2D eigenvalue weighted by Crippen LogP contribution is 2.28. The molecule has 0 fully saturated rings. The number of ether oxygens (including phenoxy) is 1. The van der Waals surface area contributed by atoms with Crippen LogP contribution in [0.25, 0.3) is 0 Å². The lowest BCUT2D eigenvalue weighted by atomic mass is 9.84. The molecule has 0 radical (unpaired) electrons. The van der Waals surface area contributed by atoms with E-state index in [1.165, 1.54) is 0 Å². The van der Waals surface area contributed by atoms with Crippen LogP contribution in [-0.4, -0.2) is 24.9 Å². The van der Waals surface area contributed by atoms with Gasteiger partial charge in [0.15, 0.2) is 0 Å². The monoisotopic (exact) mass is 405 g/mol. The minimum atomic E-state index is -0.0806. The molecule has 0 spiro atoms. The van der Waals surface area contributed by atoms with Crippen LogP contribution < -0.4 is 10.1 Å². The van der Waals surface area contributed by atoms with E-state index in [2.05, 4.69) is 51.0 Å². The molecule has 0 aliphatic heterocycles. The Morgan fingerprint density at radius 2 is 2.00 bits per heavy atom. The van der Waals surface area contributed by atoms with Gasteiger partial charge in [0, 0.05) is 16.3 Å². The summed E-state index contributed by atoms with van der Waals surface area (Å²) < 4.78 is 5.93. The molecule has 0 aromatic heterocycles. The number of hydrogen-bond acceptors (Lipinski definition) is 2. The second-order valence-electron chi connectivity index (χ2n) is 4.87. The third-order valence-electron chi connectivity index (χ3n) is 3.83. The highest BCUT2D eigenvalue weighted by atomic mass is 79.9. The van der Waals surface area contributed by atoms with Crippen molar-refractivity contribution in [3.05, 3.63) is 28.2 Å². The third-order valence-corrected chi connectivity index (χ3v) is 5.71. The van der Waals surface area contributed by atoms with E-state index in [-0.39, 0.29) is 11.3 Å². The molecule has 0 saturated heterocycles. The lowest BCUT2D eigenvalue weighted by Crippen LogP contribution is -2.38. The maximum absolute atomic E-state index is 12.3. The lowest BCUT2D eigenvalue weighted by molar-refractivity contribution is 0.0931. The average Bonchev–Trinajstić information content (AvgIpc) is 2.49. The predicted octanol–water partition coefficient (Wildman–Crippen LogP) is 4.39. The number of hydrogen-bond donors (Lipinski definition) is 1. The quantitative estimate of drug-likeness (QED) is 0.682. The summed E-state index contributed by atoms with van der Waals surface area (Å²) in [7, 11) is 1.59. The van der Waals surface area contributed by atoms with Crippen molar-refractivity contribution >= 4 is 37.8 Å². The number of amides is 1. The zero-order valence-corrected chi connectivity index (χ0v) is 15.3. The molecule has 1 aromatic rings. The SMILES string of the molecule is CCC(CC)(CBr)CNC(=O)c1cc(OC)ccc1Br. The Labute approximate surface area is 137 Å².